The van der Waals surface area contributed by atoms with Gasteiger partial charge in [0.1, 0.15) is 0 Å². The largest absolute Gasteiger partial charge is 0.479 e. The molecule has 8 heteroatoms. The van der Waals surface area contributed by atoms with Crippen molar-refractivity contribution in [2.45, 2.75) is 25.3 Å². The van der Waals surface area contributed by atoms with Crippen LogP contribution in [0.25, 0.3) is 10.2 Å². The third kappa shape index (κ3) is 2.89. The lowest BCUT2D eigenvalue weighted by molar-refractivity contribution is -0.151. The summed E-state index contributed by atoms with van der Waals surface area (Å²) in [7, 11) is 0. The maximum Gasteiger partial charge on any atom is 0.332 e. The van der Waals surface area contributed by atoms with Crippen LogP contribution >= 0.6 is 11.3 Å². The van der Waals surface area contributed by atoms with Crippen molar-refractivity contribution in [3.63, 3.8) is 0 Å². The van der Waals surface area contributed by atoms with Gasteiger partial charge in [-0.2, -0.15) is 0 Å². The van der Waals surface area contributed by atoms with Crippen molar-refractivity contribution in [2.24, 2.45) is 0 Å². The Morgan fingerprint density at radius 2 is 2.20 bits per heavy atom. The molecule has 0 aliphatic carbocycles. The van der Waals surface area contributed by atoms with Crippen LogP contribution in [0.2, 0.25) is 0 Å². The highest BCUT2D eigenvalue weighted by Gasteiger charge is 2.37. The number of para-hydroxylation sites is 1. The number of fused-ring (bicyclic) bond motifs is 2. The molecule has 0 saturated carbocycles. The number of H-pyrrole nitrogens is 1. The Balaban J connectivity index is 1.49. The molecule has 0 bridgehead atoms. The lowest BCUT2D eigenvalue weighted by atomic mass is 10.0. The van der Waals surface area contributed by atoms with E-state index in [1.807, 2.05) is 24.3 Å². The Hall–Kier alpha value is -2.74. The van der Waals surface area contributed by atoms with Gasteiger partial charge in [0.05, 0.1) is 27.2 Å². The monoisotopic (exact) mass is 356 g/mol. The number of carbonyl (C=O) groups excluding carboxylic acids is 1. The maximum absolute atomic E-state index is 12.6. The van der Waals surface area contributed by atoms with Gasteiger partial charge in [-0.1, -0.05) is 12.1 Å². The first kappa shape index (κ1) is 15.8. The zero-order valence-electron chi connectivity index (χ0n) is 13.3. The number of rotatable bonds is 4. The summed E-state index contributed by atoms with van der Waals surface area (Å²) in [6, 6.07) is 6.83. The minimum Gasteiger partial charge on any atom is -0.479 e. The van der Waals surface area contributed by atoms with E-state index < -0.39 is 12.0 Å². The fourth-order valence-corrected chi connectivity index (χ4v) is 4.15. The maximum atomic E-state index is 12.6. The second kappa shape index (κ2) is 6.29. The highest BCUT2D eigenvalue weighted by molar-refractivity contribution is 7.18. The molecule has 2 N–H and O–H groups in total. The summed E-state index contributed by atoms with van der Waals surface area (Å²) in [6.45, 7) is 0.380. The van der Waals surface area contributed by atoms with Gasteiger partial charge in [-0.3, -0.25) is 4.79 Å². The highest BCUT2D eigenvalue weighted by atomic mass is 32.1. The van der Waals surface area contributed by atoms with Gasteiger partial charge in [-0.15, -0.1) is 11.3 Å². The average molecular weight is 356 g/mol. The van der Waals surface area contributed by atoms with Crippen molar-refractivity contribution in [1.82, 2.24) is 19.9 Å². The number of carboxylic acid groups (broad SMARTS) is 1. The summed E-state index contributed by atoms with van der Waals surface area (Å²) in [6.07, 6.45) is 2.82. The van der Waals surface area contributed by atoms with E-state index in [0.717, 1.165) is 20.9 Å². The minimum atomic E-state index is -1.05. The third-order valence-corrected chi connectivity index (χ3v) is 5.47. The molecule has 2 aromatic heterocycles. The van der Waals surface area contributed by atoms with E-state index in [0.29, 0.717) is 25.1 Å². The molecular formula is C17H16N4O3S. The van der Waals surface area contributed by atoms with Gasteiger partial charge in [-0.25, -0.2) is 14.8 Å². The molecule has 0 spiro atoms. The van der Waals surface area contributed by atoms with Crippen molar-refractivity contribution in [3.8, 4) is 0 Å². The fraction of sp³-hybridized carbons (Fsp3) is 0.294. The first-order valence-electron chi connectivity index (χ1n) is 8.02. The highest BCUT2D eigenvalue weighted by Crippen LogP contribution is 2.29. The van der Waals surface area contributed by atoms with Crippen LogP contribution in [0.15, 0.2) is 30.6 Å². The van der Waals surface area contributed by atoms with Gasteiger partial charge < -0.3 is 15.0 Å². The molecule has 1 amide bonds. The van der Waals surface area contributed by atoms with Crippen LogP contribution in [-0.2, 0) is 22.4 Å². The zero-order valence-corrected chi connectivity index (χ0v) is 14.1. The van der Waals surface area contributed by atoms with Crippen molar-refractivity contribution in [3.05, 3.63) is 47.0 Å². The summed E-state index contributed by atoms with van der Waals surface area (Å²) in [5.41, 5.74) is 2.16. The molecule has 1 aliphatic heterocycles. The number of benzene rings is 1. The van der Waals surface area contributed by atoms with Gasteiger partial charge in [0.2, 0.25) is 5.91 Å². The van der Waals surface area contributed by atoms with Crippen molar-refractivity contribution < 1.29 is 14.7 Å². The number of nitrogens with one attached hydrogen (secondary N) is 1. The molecule has 1 atom stereocenters. The summed E-state index contributed by atoms with van der Waals surface area (Å²) >= 11 is 1.57. The summed E-state index contributed by atoms with van der Waals surface area (Å²) in [5, 5.41) is 10.4. The predicted molar refractivity (Wildman–Crippen MR) is 92.3 cm³/mol. The van der Waals surface area contributed by atoms with E-state index in [1.54, 1.807) is 11.3 Å². The smallest absolute Gasteiger partial charge is 0.332 e. The number of thiazole rings is 1. The molecule has 1 unspecified atom stereocenters. The zero-order chi connectivity index (χ0) is 17.4. The first-order valence-corrected chi connectivity index (χ1v) is 8.84. The number of nitrogens with zero attached hydrogens (tertiary/aromatic N) is 3. The second-order valence-corrected chi connectivity index (χ2v) is 7.03. The Morgan fingerprint density at radius 1 is 1.36 bits per heavy atom. The summed E-state index contributed by atoms with van der Waals surface area (Å²) in [5.74, 6) is -1.23. The van der Waals surface area contributed by atoms with Crippen molar-refractivity contribution in [1.29, 1.82) is 0 Å². The Morgan fingerprint density at radius 3 is 3.00 bits per heavy atom. The number of aromatic amines is 1. The van der Waals surface area contributed by atoms with E-state index >= 15 is 0 Å². The number of hydrogen-bond acceptors (Lipinski definition) is 5. The number of imidazole rings is 1. The number of carbonyl (C=O) groups is 2. The number of carboxylic acids is 1. The quantitative estimate of drug-likeness (QED) is 0.746. The van der Waals surface area contributed by atoms with Crippen LogP contribution in [-0.4, -0.2) is 43.4 Å². The van der Waals surface area contributed by atoms with Gasteiger partial charge in [0, 0.05) is 31.5 Å². The van der Waals surface area contributed by atoms with Gasteiger partial charge >= 0.3 is 5.97 Å². The molecule has 1 aromatic carbocycles. The van der Waals surface area contributed by atoms with E-state index in [-0.39, 0.29) is 12.3 Å². The third-order valence-electron chi connectivity index (χ3n) is 4.37. The van der Waals surface area contributed by atoms with E-state index in [1.165, 1.54) is 11.2 Å². The van der Waals surface area contributed by atoms with E-state index in [9.17, 15) is 14.7 Å². The topological polar surface area (TPSA) is 99.2 Å². The summed E-state index contributed by atoms with van der Waals surface area (Å²) in [4.78, 5) is 37.3. The molecule has 1 aliphatic rings. The van der Waals surface area contributed by atoms with Crippen LogP contribution in [0, 0.1) is 0 Å². The number of aryl methyl sites for hydroxylation is 1. The molecular weight excluding hydrogens is 340 g/mol. The Kier molecular flexibility index (Phi) is 3.96. The number of aromatic nitrogens is 3. The molecule has 7 nitrogen and oxygen atoms in total. The Labute approximate surface area is 147 Å². The number of amides is 1. The van der Waals surface area contributed by atoms with Crippen LogP contribution in [0.4, 0.5) is 0 Å². The molecule has 128 valence electrons. The predicted octanol–water partition coefficient (Wildman–Crippen LogP) is 2.16. The van der Waals surface area contributed by atoms with Gasteiger partial charge in [-0.05, 0) is 12.1 Å². The molecule has 3 heterocycles. The number of aliphatic carboxylic acids is 1. The van der Waals surface area contributed by atoms with Gasteiger partial charge in [0.25, 0.3) is 0 Å². The molecule has 0 fully saturated rings. The van der Waals surface area contributed by atoms with Crippen LogP contribution in [0.1, 0.15) is 28.9 Å². The minimum absolute atomic E-state index is 0.180. The number of hydrogen-bond donors (Lipinski definition) is 2. The first-order chi connectivity index (χ1) is 12.1. The molecule has 3 aromatic rings. The van der Waals surface area contributed by atoms with Gasteiger partial charge in [0.15, 0.2) is 6.04 Å². The lowest BCUT2D eigenvalue weighted by Gasteiger charge is -2.32. The molecule has 4 rings (SSSR count). The SMILES string of the molecule is O=C(O)C1c2nc[nH]c2CCN1C(=O)CCc1nc2ccccc2s1. The van der Waals surface area contributed by atoms with Crippen LogP contribution in [0.5, 0.6) is 0 Å². The van der Waals surface area contributed by atoms with Crippen molar-refractivity contribution >= 4 is 33.4 Å². The van der Waals surface area contributed by atoms with Crippen LogP contribution < -0.4 is 0 Å². The second-order valence-electron chi connectivity index (χ2n) is 5.92. The average Bonchev–Trinajstić information content (AvgIpc) is 3.24. The fourth-order valence-electron chi connectivity index (χ4n) is 3.18. The molecule has 25 heavy (non-hydrogen) atoms. The van der Waals surface area contributed by atoms with E-state index in [2.05, 4.69) is 15.0 Å². The van der Waals surface area contributed by atoms with E-state index in [4.69, 9.17) is 0 Å². The van der Waals surface area contributed by atoms with Crippen molar-refractivity contribution in [2.75, 3.05) is 6.54 Å². The normalized spacial score (nSPS) is 16.8. The van der Waals surface area contributed by atoms with Crippen LogP contribution in [0.3, 0.4) is 0 Å². The summed E-state index contributed by atoms with van der Waals surface area (Å²) < 4.78 is 1.09. The standard InChI is InChI=1S/C17H16N4O3S/c22-14(6-5-13-20-10-3-1-2-4-12(10)25-13)21-8-7-11-15(19-9-18-11)16(21)17(23)24/h1-4,9,16H,5-8H2,(H,18,19)(H,23,24). The molecule has 0 radical (unpaired) electrons. The molecule has 0 saturated heterocycles. The lowest BCUT2D eigenvalue weighted by Crippen LogP contribution is -2.43. The Bertz CT molecular complexity index is 915.